The van der Waals surface area contributed by atoms with E-state index in [1.807, 2.05) is 54.6 Å². The molecule has 0 aliphatic heterocycles. The fourth-order valence-corrected chi connectivity index (χ4v) is 3.21. The average Bonchev–Trinajstić information content (AvgIpc) is 3.02. The highest BCUT2D eigenvalue weighted by Crippen LogP contribution is 2.38. The van der Waals surface area contributed by atoms with Crippen LogP contribution in [0.1, 0.15) is 0 Å². The third-order valence-corrected chi connectivity index (χ3v) is 4.26. The van der Waals surface area contributed by atoms with Crippen molar-refractivity contribution in [2.45, 2.75) is 0 Å². The molecule has 0 fully saturated rings. The van der Waals surface area contributed by atoms with Crippen LogP contribution in [0.5, 0.6) is 0 Å². The average molecular weight is 295 g/mol. The van der Waals surface area contributed by atoms with Gasteiger partial charge in [-0.25, -0.2) is 4.98 Å². The van der Waals surface area contributed by atoms with Crippen LogP contribution in [0.4, 0.5) is 0 Å². The molecule has 108 valence electrons. The second-order valence-electron chi connectivity index (χ2n) is 5.65. The summed E-state index contributed by atoms with van der Waals surface area (Å²) in [6.45, 7) is 0. The van der Waals surface area contributed by atoms with Crippen molar-refractivity contribution in [3.63, 3.8) is 0 Å². The van der Waals surface area contributed by atoms with Gasteiger partial charge in [0.05, 0.1) is 16.6 Å². The maximum Gasteiger partial charge on any atom is 0.147 e. The fraction of sp³-hybridized carbons (Fsp3) is 0. The van der Waals surface area contributed by atoms with E-state index < -0.39 is 0 Å². The molecule has 0 saturated heterocycles. The largest absolute Gasteiger partial charge is 0.455 e. The van der Waals surface area contributed by atoms with Gasteiger partial charge >= 0.3 is 0 Å². The molecule has 3 aromatic carbocycles. The summed E-state index contributed by atoms with van der Waals surface area (Å²) in [5, 5.41) is 3.25. The number of benzene rings is 3. The summed E-state index contributed by atoms with van der Waals surface area (Å²) in [7, 11) is 0. The van der Waals surface area contributed by atoms with Crippen molar-refractivity contribution in [3.05, 3.63) is 78.9 Å². The van der Waals surface area contributed by atoms with Crippen LogP contribution >= 0.6 is 0 Å². The van der Waals surface area contributed by atoms with Crippen molar-refractivity contribution in [3.8, 4) is 11.3 Å². The predicted octanol–water partition coefficient (Wildman–Crippen LogP) is 5.80. The van der Waals surface area contributed by atoms with Crippen molar-refractivity contribution in [1.29, 1.82) is 0 Å². The van der Waals surface area contributed by atoms with Gasteiger partial charge in [0.1, 0.15) is 11.2 Å². The van der Waals surface area contributed by atoms with E-state index in [1.54, 1.807) is 0 Å². The van der Waals surface area contributed by atoms with E-state index in [0.29, 0.717) is 0 Å². The molecule has 0 saturated carbocycles. The molecule has 2 heterocycles. The van der Waals surface area contributed by atoms with E-state index in [9.17, 15) is 0 Å². The lowest BCUT2D eigenvalue weighted by atomic mass is 10.0. The smallest absolute Gasteiger partial charge is 0.147 e. The first kappa shape index (κ1) is 12.4. The van der Waals surface area contributed by atoms with Gasteiger partial charge in [-0.1, -0.05) is 60.7 Å². The molecule has 0 aliphatic rings. The Morgan fingerprint density at radius 3 is 2.22 bits per heavy atom. The lowest BCUT2D eigenvalue weighted by Crippen LogP contribution is -1.87. The molecule has 0 bridgehead atoms. The standard InChI is InChI=1S/C21H13NO/c1-2-8-14(9-3-1)20-19-16-11-5-7-13-18(16)23-21(19)15-10-4-6-12-17(15)22-20/h1-13H. The highest BCUT2D eigenvalue weighted by molar-refractivity contribution is 6.19. The van der Waals surface area contributed by atoms with Crippen LogP contribution in [0.2, 0.25) is 0 Å². The van der Waals surface area contributed by atoms with E-state index in [0.717, 1.165) is 44.1 Å². The maximum absolute atomic E-state index is 6.19. The van der Waals surface area contributed by atoms with Crippen LogP contribution in [-0.2, 0) is 0 Å². The number of aromatic nitrogens is 1. The first-order valence-electron chi connectivity index (χ1n) is 7.67. The number of pyridine rings is 1. The Morgan fingerprint density at radius 1 is 0.652 bits per heavy atom. The van der Waals surface area contributed by atoms with Crippen molar-refractivity contribution in [2.24, 2.45) is 0 Å². The van der Waals surface area contributed by atoms with Crippen molar-refractivity contribution in [1.82, 2.24) is 4.98 Å². The van der Waals surface area contributed by atoms with E-state index in [-0.39, 0.29) is 0 Å². The molecule has 0 spiro atoms. The van der Waals surface area contributed by atoms with Gasteiger partial charge < -0.3 is 4.42 Å². The molecule has 2 nitrogen and oxygen atoms in total. The second-order valence-corrected chi connectivity index (χ2v) is 5.65. The summed E-state index contributed by atoms with van der Waals surface area (Å²) >= 11 is 0. The number of para-hydroxylation sites is 2. The van der Waals surface area contributed by atoms with Gasteiger partial charge in [-0.2, -0.15) is 0 Å². The lowest BCUT2D eigenvalue weighted by molar-refractivity contribution is 0.672. The van der Waals surface area contributed by atoms with Crippen LogP contribution in [0.25, 0.3) is 44.1 Å². The summed E-state index contributed by atoms with van der Waals surface area (Å²) < 4.78 is 6.19. The first-order valence-corrected chi connectivity index (χ1v) is 7.67. The lowest BCUT2D eigenvalue weighted by Gasteiger charge is -2.06. The molecule has 0 atom stereocenters. The van der Waals surface area contributed by atoms with Crippen LogP contribution in [0.15, 0.2) is 83.3 Å². The summed E-state index contributed by atoms with van der Waals surface area (Å²) in [4.78, 5) is 4.94. The number of furan rings is 1. The molecular formula is C21H13NO. The van der Waals surface area contributed by atoms with E-state index >= 15 is 0 Å². The summed E-state index contributed by atoms with van der Waals surface area (Å²) in [5.74, 6) is 0. The van der Waals surface area contributed by atoms with Gasteiger partial charge in [-0.05, 0) is 18.2 Å². The molecule has 5 rings (SSSR count). The third-order valence-electron chi connectivity index (χ3n) is 4.26. The molecule has 2 aromatic heterocycles. The van der Waals surface area contributed by atoms with Crippen LogP contribution in [0, 0.1) is 0 Å². The molecule has 2 heteroatoms. The number of hydrogen-bond acceptors (Lipinski definition) is 2. The van der Waals surface area contributed by atoms with Crippen LogP contribution < -0.4 is 0 Å². The summed E-state index contributed by atoms with van der Waals surface area (Å²) in [5.41, 5.74) is 4.85. The van der Waals surface area contributed by atoms with Crippen molar-refractivity contribution < 1.29 is 4.42 Å². The summed E-state index contributed by atoms with van der Waals surface area (Å²) in [6, 6.07) is 26.6. The van der Waals surface area contributed by atoms with Crippen molar-refractivity contribution >= 4 is 32.8 Å². The zero-order valence-corrected chi connectivity index (χ0v) is 12.4. The number of rotatable bonds is 1. The topological polar surface area (TPSA) is 26.0 Å². The van der Waals surface area contributed by atoms with Gasteiger partial charge in [0, 0.05) is 16.3 Å². The normalized spacial score (nSPS) is 11.5. The summed E-state index contributed by atoms with van der Waals surface area (Å²) in [6.07, 6.45) is 0. The minimum atomic E-state index is 0.901. The Bertz CT molecular complexity index is 1160. The zero-order valence-electron chi connectivity index (χ0n) is 12.4. The molecule has 0 aliphatic carbocycles. The van der Waals surface area contributed by atoms with Crippen molar-refractivity contribution in [2.75, 3.05) is 0 Å². The Hall–Kier alpha value is -3.13. The fourth-order valence-electron chi connectivity index (χ4n) is 3.21. The third kappa shape index (κ3) is 1.78. The van der Waals surface area contributed by atoms with Crippen LogP contribution in [0.3, 0.4) is 0 Å². The van der Waals surface area contributed by atoms with Gasteiger partial charge in [-0.15, -0.1) is 0 Å². The Morgan fingerprint density at radius 2 is 1.35 bits per heavy atom. The monoisotopic (exact) mass is 295 g/mol. The molecule has 0 unspecified atom stereocenters. The van der Waals surface area contributed by atoms with E-state index in [1.165, 1.54) is 0 Å². The Kier molecular flexibility index (Phi) is 2.53. The van der Waals surface area contributed by atoms with Gasteiger partial charge in [0.15, 0.2) is 0 Å². The zero-order chi connectivity index (χ0) is 15.2. The van der Waals surface area contributed by atoms with E-state index in [2.05, 4.69) is 24.3 Å². The Balaban J connectivity index is 2.06. The molecule has 0 radical (unpaired) electrons. The Labute approximate surface area is 133 Å². The maximum atomic E-state index is 6.19. The van der Waals surface area contributed by atoms with Crippen LogP contribution in [-0.4, -0.2) is 4.98 Å². The highest BCUT2D eigenvalue weighted by atomic mass is 16.3. The first-order chi connectivity index (χ1) is 11.4. The quantitative estimate of drug-likeness (QED) is 0.390. The second kappa shape index (κ2) is 4.68. The van der Waals surface area contributed by atoms with E-state index in [4.69, 9.17) is 9.40 Å². The van der Waals surface area contributed by atoms with Gasteiger partial charge in [-0.3, -0.25) is 0 Å². The molecule has 0 N–H and O–H groups in total. The highest BCUT2D eigenvalue weighted by Gasteiger charge is 2.16. The predicted molar refractivity (Wildman–Crippen MR) is 94.5 cm³/mol. The number of nitrogens with zero attached hydrogens (tertiary/aromatic N) is 1. The van der Waals surface area contributed by atoms with Gasteiger partial charge in [0.2, 0.25) is 0 Å². The minimum Gasteiger partial charge on any atom is -0.455 e. The molecule has 23 heavy (non-hydrogen) atoms. The SMILES string of the molecule is c1ccc(-c2nc3ccccc3c3oc4ccccc4c23)cc1. The number of hydrogen-bond donors (Lipinski definition) is 0. The molecular weight excluding hydrogens is 282 g/mol. The van der Waals surface area contributed by atoms with Gasteiger partial charge in [0.25, 0.3) is 0 Å². The molecule has 5 aromatic rings. The minimum absolute atomic E-state index is 0.901. The molecule has 0 amide bonds. The number of fused-ring (bicyclic) bond motifs is 5.